The van der Waals surface area contributed by atoms with E-state index in [2.05, 4.69) is 10.6 Å². The van der Waals surface area contributed by atoms with Gasteiger partial charge in [-0.05, 0) is 54.8 Å². The Morgan fingerprint density at radius 3 is 2.29 bits per heavy atom. The van der Waals surface area contributed by atoms with Gasteiger partial charge in [-0.3, -0.25) is 0 Å². The predicted molar refractivity (Wildman–Crippen MR) is 131 cm³/mol. The summed E-state index contributed by atoms with van der Waals surface area (Å²) in [5.74, 6) is 0.173. The fourth-order valence-electron chi connectivity index (χ4n) is 3.65. The first kappa shape index (κ1) is 23.4. The maximum absolute atomic E-state index is 13.1. The van der Waals surface area contributed by atoms with Gasteiger partial charge in [0.1, 0.15) is 12.4 Å². The fourth-order valence-corrected chi connectivity index (χ4v) is 3.77. The number of carbonyl (C=O) groups is 2. The molecule has 0 aliphatic carbocycles. The fraction of sp³-hybridized carbons (Fsp3) is 0.185. The van der Waals surface area contributed by atoms with E-state index in [-0.39, 0.29) is 6.10 Å². The first-order valence-corrected chi connectivity index (χ1v) is 11.3. The Labute approximate surface area is 203 Å². The summed E-state index contributed by atoms with van der Waals surface area (Å²) in [5.41, 5.74) is 3.23. The van der Waals surface area contributed by atoms with Crippen LogP contribution in [0.4, 0.5) is 4.79 Å². The van der Waals surface area contributed by atoms with Gasteiger partial charge in [-0.1, -0.05) is 66.2 Å². The minimum atomic E-state index is -0.680. The van der Waals surface area contributed by atoms with Crippen molar-refractivity contribution in [3.8, 4) is 5.75 Å². The summed E-state index contributed by atoms with van der Waals surface area (Å²) >= 11 is 5.93. The molecule has 0 saturated carbocycles. The van der Waals surface area contributed by atoms with Gasteiger partial charge < -0.3 is 20.1 Å². The van der Waals surface area contributed by atoms with Crippen LogP contribution in [0.15, 0.2) is 84.4 Å². The molecule has 1 unspecified atom stereocenters. The highest BCUT2D eigenvalue weighted by Crippen LogP contribution is 2.33. The van der Waals surface area contributed by atoms with Crippen LogP contribution in [-0.2, 0) is 16.1 Å². The molecule has 0 aromatic heterocycles. The zero-order valence-electron chi connectivity index (χ0n) is 18.9. The van der Waals surface area contributed by atoms with Gasteiger partial charge in [-0.25, -0.2) is 9.59 Å². The third-order valence-electron chi connectivity index (χ3n) is 5.23. The molecule has 34 heavy (non-hydrogen) atoms. The van der Waals surface area contributed by atoms with Crippen LogP contribution >= 0.6 is 11.6 Å². The molecule has 1 aliphatic rings. The van der Waals surface area contributed by atoms with E-state index in [0.717, 1.165) is 16.7 Å². The van der Waals surface area contributed by atoms with E-state index in [1.165, 1.54) is 0 Å². The number of hydrogen-bond donors (Lipinski definition) is 2. The summed E-state index contributed by atoms with van der Waals surface area (Å²) in [4.78, 5) is 25.7. The highest BCUT2D eigenvalue weighted by Gasteiger charge is 2.34. The minimum absolute atomic E-state index is 0.307. The van der Waals surface area contributed by atoms with Gasteiger partial charge >= 0.3 is 12.0 Å². The molecule has 4 rings (SSSR count). The second kappa shape index (κ2) is 10.4. The molecule has 3 aromatic carbocycles. The number of amides is 2. The SMILES string of the molecule is CC(C)OC(=O)C1=C(c2ccccc2)NC(=O)NC1c1ccc(OCc2ccc(Cl)cc2)cc1. The molecule has 1 atom stereocenters. The van der Waals surface area contributed by atoms with Crippen molar-refractivity contribution in [2.24, 2.45) is 0 Å². The van der Waals surface area contributed by atoms with Crippen molar-refractivity contribution < 1.29 is 19.1 Å². The van der Waals surface area contributed by atoms with Gasteiger partial charge in [0.05, 0.1) is 23.4 Å². The van der Waals surface area contributed by atoms with Crippen LogP contribution in [0.25, 0.3) is 5.70 Å². The van der Waals surface area contributed by atoms with E-state index in [1.54, 1.807) is 13.8 Å². The first-order valence-electron chi connectivity index (χ1n) is 11.0. The summed E-state index contributed by atoms with van der Waals surface area (Å²) in [5, 5.41) is 6.32. The number of hydrogen-bond acceptors (Lipinski definition) is 4. The molecule has 0 saturated heterocycles. The number of nitrogens with one attached hydrogen (secondary N) is 2. The molecule has 174 valence electrons. The maximum Gasteiger partial charge on any atom is 0.338 e. The largest absolute Gasteiger partial charge is 0.489 e. The highest BCUT2D eigenvalue weighted by molar-refractivity contribution is 6.30. The second-order valence-corrected chi connectivity index (χ2v) is 8.56. The summed E-state index contributed by atoms with van der Waals surface area (Å²) < 4.78 is 11.4. The van der Waals surface area contributed by atoms with Crippen molar-refractivity contribution in [2.75, 3.05) is 0 Å². The molecule has 0 spiro atoms. The van der Waals surface area contributed by atoms with Crippen LogP contribution in [0, 0.1) is 0 Å². The third kappa shape index (κ3) is 5.58. The van der Waals surface area contributed by atoms with Crippen molar-refractivity contribution in [3.63, 3.8) is 0 Å². The van der Waals surface area contributed by atoms with Gasteiger partial charge in [-0.2, -0.15) is 0 Å². The molecular formula is C27H25ClN2O4. The molecule has 1 heterocycles. The monoisotopic (exact) mass is 476 g/mol. The summed E-state index contributed by atoms with van der Waals surface area (Å²) in [6.45, 7) is 3.97. The molecule has 0 radical (unpaired) electrons. The lowest BCUT2D eigenvalue weighted by Crippen LogP contribution is -2.45. The Kier molecular flexibility index (Phi) is 7.18. The van der Waals surface area contributed by atoms with E-state index >= 15 is 0 Å². The quantitative estimate of drug-likeness (QED) is 0.433. The minimum Gasteiger partial charge on any atom is -0.489 e. The molecule has 6 nitrogen and oxygen atoms in total. The number of rotatable bonds is 7. The summed E-state index contributed by atoms with van der Waals surface area (Å²) in [6, 6.07) is 22.9. The second-order valence-electron chi connectivity index (χ2n) is 8.12. The number of halogens is 1. The van der Waals surface area contributed by atoms with Gasteiger partial charge in [0.25, 0.3) is 0 Å². The summed E-state index contributed by atoms with van der Waals surface area (Å²) in [6.07, 6.45) is -0.307. The normalized spacial score (nSPS) is 15.5. The molecule has 3 aromatic rings. The molecule has 0 bridgehead atoms. The molecule has 7 heteroatoms. The standard InChI is InChI=1S/C27H25ClN2O4/c1-17(2)34-26(31)23-24(19-6-4-3-5-7-19)29-27(32)30-25(23)20-10-14-22(15-11-20)33-16-18-8-12-21(28)13-9-18/h3-15,17,25H,16H2,1-2H3,(H2,29,30,32). The van der Waals surface area contributed by atoms with Gasteiger partial charge in [0.2, 0.25) is 0 Å². The Morgan fingerprint density at radius 2 is 1.65 bits per heavy atom. The van der Waals surface area contributed by atoms with Crippen LogP contribution in [-0.4, -0.2) is 18.1 Å². The van der Waals surface area contributed by atoms with Crippen LogP contribution in [0.2, 0.25) is 5.02 Å². The van der Waals surface area contributed by atoms with Crippen molar-refractivity contribution in [1.29, 1.82) is 0 Å². The molecule has 2 amide bonds. The Morgan fingerprint density at radius 1 is 0.971 bits per heavy atom. The topological polar surface area (TPSA) is 76.7 Å². The third-order valence-corrected chi connectivity index (χ3v) is 5.48. The first-order chi connectivity index (χ1) is 16.4. The van der Waals surface area contributed by atoms with Crippen molar-refractivity contribution >= 4 is 29.3 Å². The van der Waals surface area contributed by atoms with Crippen LogP contribution in [0.3, 0.4) is 0 Å². The van der Waals surface area contributed by atoms with Gasteiger partial charge in [-0.15, -0.1) is 0 Å². The van der Waals surface area contributed by atoms with Crippen LogP contribution < -0.4 is 15.4 Å². The zero-order chi connectivity index (χ0) is 24.1. The lowest BCUT2D eigenvalue weighted by Gasteiger charge is -2.30. The lowest BCUT2D eigenvalue weighted by atomic mass is 9.92. The Hall–Kier alpha value is -3.77. The summed E-state index contributed by atoms with van der Waals surface area (Å²) in [7, 11) is 0. The van der Waals surface area contributed by atoms with E-state index in [4.69, 9.17) is 21.1 Å². The molecule has 2 N–H and O–H groups in total. The van der Waals surface area contributed by atoms with Crippen LogP contribution in [0.5, 0.6) is 5.75 Å². The number of esters is 1. The van der Waals surface area contributed by atoms with E-state index in [9.17, 15) is 9.59 Å². The maximum atomic E-state index is 13.1. The van der Waals surface area contributed by atoms with Crippen molar-refractivity contribution in [3.05, 3.63) is 106 Å². The Bertz CT molecular complexity index is 1190. The number of carbonyl (C=O) groups excluding carboxylic acids is 2. The van der Waals surface area contributed by atoms with E-state index in [1.807, 2.05) is 78.9 Å². The lowest BCUT2D eigenvalue weighted by molar-refractivity contribution is -0.143. The smallest absolute Gasteiger partial charge is 0.338 e. The van der Waals surface area contributed by atoms with Crippen molar-refractivity contribution in [1.82, 2.24) is 10.6 Å². The average Bonchev–Trinajstić information content (AvgIpc) is 2.83. The molecule has 1 aliphatic heterocycles. The molecule has 0 fully saturated rings. The van der Waals surface area contributed by atoms with Gasteiger partial charge in [0, 0.05) is 5.02 Å². The molecular weight excluding hydrogens is 452 g/mol. The van der Waals surface area contributed by atoms with Crippen LogP contribution in [0.1, 0.15) is 36.6 Å². The predicted octanol–water partition coefficient (Wildman–Crippen LogP) is 5.64. The number of urea groups is 1. The number of benzene rings is 3. The highest BCUT2D eigenvalue weighted by atomic mass is 35.5. The van der Waals surface area contributed by atoms with E-state index in [0.29, 0.717) is 28.6 Å². The van der Waals surface area contributed by atoms with E-state index < -0.39 is 18.0 Å². The van der Waals surface area contributed by atoms with Gasteiger partial charge in [0.15, 0.2) is 0 Å². The average molecular weight is 477 g/mol. The zero-order valence-corrected chi connectivity index (χ0v) is 19.6. The Balaban J connectivity index is 1.63. The van der Waals surface area contributed by atoms with Crippen molar-refractivity contribution in [2.45, 2.75) is 32.6 Å². The number of ether oxygens (including phenoxy) is 2.